The summed E-state index contributed by atoms with van der Waals surface area (Å²) in [7, 11) is 8.38. The number of rotatable bonds is 9. The molecule has 1 heterocycles. The number of hydrogen-bond donors (Lipinski definition) is 2. The second-order valence-electron chi connectivity index (χ2n) is 7.49. The van der Waals surface area contributed by atoms with Crippen LogP contribution in [0, 0.1) is 0 Å². The van der Waals surface area contributed by atoms with Crippen LogP contribution in [0.4, 0.5) is 5.69 Å². The molecule has 0 bridgehead atoms. The maximum Gasteiger partial charge on any atom is 0.203 e. The number of methoxy groups -OCH3 is 4. The summed E-state index contributed by atoms with van der Waals surface area (Å²) in [5, 5.41) is 6.95. The Labute approximate surface area is 213 Å². The van der Waals surface area contributed by atoms with Crippen molar-refractivity contribution in [2.75, 3.05) is 60.0 Å². The van der Waals surface area contributed by atoms with Crippen LogP contribution in [-0.2, 0) is 6.42 Å². The minimum absolute atomic E-state index is 0. The Bertz CT molecular complexity index is 925. The number of nitrogens with one attached hydrogen (secondary N) is 2. The Hall–Kier alpha value is -2.56. The first kappa shape index (κ1) is 26.7. The summed E-state index contributed by atoms with van der Waals surface area (Å²) < 4.78 is 21.9. The molecule has 1 fully saturated rings. The Morgan fingerprint density at radius 1 is 0.970 bits per heavy atom. The molecule has 0 spiro atoms. The van der Waals surface area contributed by atoms with Gasteiger partial charge in [-0.15, -0.1) is 24.0 Å². The highest BCUT2D eigenvalue weighted by atomic mass is 127. The number of hydrogen-bond acceptors (Lipinski definition) is 6. The van der Waals surface area contributed by atoms with E-state index in [1.807, 2.05) is 30.3 Å². The largest absolute Gasteiger partial charge is 0.495 e. The van der Waals surface area contributed by atoms with Crippen LogP contribution in [-0.4, -0.2) is 67.1 Å². The number of ether oxygens (including phenoxy) is 4. The molecule has 1 atom stereocenters. The van der Waals surface area contributed by atoms with Crippen LogP contribution in [0.2, 0.25) is 0 Å². The molecule has 0 aliphatic carbocycles. The Morgan fingerprint density at radius 3 is 2.36 bits per heavy atom. The average molecular weight is 570 g/mol. The van der Waals surface area contributed by atoms with Gasteiger partial charge in [0.15, 0.2) is 17.5 Å². The van der Waals surface area contributed by atoms with Gasteiger partial charge in [-0.05, 0) is 31.0 Å². The molecule has 8 nitrogen and oxygen atoms in total. The highest BCUT2D eigenvalue weighted by molar-refractivity contribution is 14.0. The normalized spacial score (nSPS) is 15.5. The first-order valence-electron chi connectivity index (χ1n) is 10.8. The maximum absolute atomic E-state index is 5.58. The van der Waals surface area contributed by atoms with E-state index in [9.17, 15) is 0 Å². The minimum Gasteiger partial charge on any atom is -0.495 e. The van der Waals surface area contributed by atoms with Crippen molar-refractivity contribution >= 4 is 35.6 Å². The number of halogens is 1. The zero-order chi connectivity index (χ0) is 22.9. The number of benzene rings is 2. The van der Waals surface area contributed by atoms with Crippen LogP contribution in [0.5, 0.6) is 23.0 Å². The predicted molar refractivity (Wildman–Crippen MR) is 143 cm³/mol. The quantitative estimate of drug-likeness (QED) is 0.272. The van der Waals surface area contributed by atoms with E-state index in [4.69, 9.17) is 18.9 Å². The standard InChI is InChI=1S/C24H34N4O4.HI/c1-25-24(26-14-12-17-10-11-21(30-3)23(32-5)22(17)31-4)27-18-13-15-28(16-18)19-8-6-7-9-20(19)29-2;/h6-11,18H,12-16H2,1-5H3,(H2,25,26,27);1H. The smallest absolute Gasteiger partial charge is 0.203 e. The first-order valence-corrected chi connectivity index (χ1v) is 10.8. The minimum atomic E-state index is 0. The van der Waals surface area contributed by atoms with Crippen molar-refractivity contribution in [2.24, 2.45) is 4.99 Å². The van der Waals surface area contributed by atoms with Gasteiger partial charge < -0.3 is 34.5 Å². The molecule has 9 heteroatoms. The van der Waals surface area contributed by atoms with Gasteiger partial charge in [-0.3, -0.25) is 4.99 Å². The molecule has 3 rings (SSSR count). The molecule has 0 saturated carbocycles. The van der Waals surface area contributed by atoms with Gasteiger partial charge in [-0.25, -0.2) is 0 Å². The van der Waals surface area contributed by atoms with E-state index in [1.165, 1.54) is 0 Å². The summed E-state index contributed by atoms with van der Waals surface area (Å²) in [5.41, 5.74) is 2.17. The van der Waals surface area contributed by atoms with E-state index in [1.54, 1.807) is 35.5 Å². The molecule has 0 aromatic heterocycles. The van der Waals surface area contributed by atoms with E-state index in [0.717, 1.165) is 48.9 Å². The summed E-state index contributed by atoms with van der Waals surface area (Å²) >= 11 is 0. The van der Waals surface area contributed by atoms with Crippen LogP contribution in [0.1, 0.15) is 12.0 Å². The SMILES string of the molecule is CN=C(NCCc1ccc(OC)c(OC)c1OC)NC1CCN(c2ccccc2OC)C1.I. The molecule has 0 radical (unpaired) electrons. The van der Waals surface area contributed by atoms with Crippen LogP contribution in [0.15, 0.2) is 41.4 Å². The molecule has 1 unspecified atom stereocenters. The van der Waals surface area contributed by atoms with Gasteiger partial charge >= 0.3 is 0 Å². The van der Waals surface area contributed by atoms with Gasteiger partial charge in [0.25, 0.3) is 0 Å². The van der Waals surface area contributed by atoms with Gasteiger partial charge in [0, 0.05) is 38.3 Å². The van der Waals surface area contributed by atoms with Gasteiger partial charge in [0.2, 0.25) is 5.75 Å². The van der Waals surface area contributed by atoms with E-state index < -0.39 is 0 Å². The van der Waals surface area contributed by atoms with Crippen molar-refractivity contribution in [3.05, 3.63) is 42.0 Å². The lowest BCUT2D eigenvalue weighted by molar-refractivity contribution is 0.322. The lowest BCUT2D eigenvalue weighted by atomic mass is 10.1. The first-order chi connectivity index (χ1) is 15.6. The van der Waals surface area contributed by atoms with Crippen molar-refractivity contribution in [1.82, 2.24) is 10.6 Å². The zero-order valence-electron chi connectivity index (χ0n) is 20.0. The summed E-state index contributed by atoms with van der Waals surface area (Å²) in [4.78, 5) is 6.74. The second kappa shape index (κ2) is 13.2. The lowest BCUT2D eigenvalue weighted by Crippen LogP contribution is -2.45. The second-order valence-corrected chi connectivity index (χ2v) is 7.49. The molecule has 2 N–H and O–H groups in total. The Kier molecular flexibility index (Phi) is 10.7. The van der Waals surface area contributed by atoms with Gasteiger partial charge in [0.05, 0.1) is 34.1 Å². The van der Waals surface area contributed by atoms with Crippen molar-refractivity contribution in [3.63, 3.8) is 0 Å². The summed E-state index contributed by atoms with van der Waals surface area (Å²) in [5.74, 6) is 3.65. The summed E-state index contributed by atoms with van der Waals surface area (Å²) in [6, 6.07) is 12.3. The molecule has 1 aliphatic heterocycles. The van der Waals surface area contributed by atoms with E-state index in [0.29, 0.717) is 29.8 Å². The van der Waals surface area contributed by atoms with Crippen LogP contribution >= 0.6 is 24.0 Å². The van der Waals surface area contributed by atoms with Gasteiger partial charge in [-0.1, -0.05) is 18.2 Å². The third-order valence-corrected chi connectivity index (χ3v) is 5.65. The summed E-state index contributed by atoms with van der Waals surface area (Å²) in [6.45, 7) is 2.57. The van der Waals surface area contributed by atoms with E-state index in [2.05, 4.69) is 26.6 Å². The number of guanidine groups is 1. The van der Waals surface area contributed by atoms with Crippen LogP contribution in [0.3, 0.4) is 0 Å². The monoisotopic (exact) mass is 570 g/mol. The van der Waals surface area contributed by atoms with Crippen molar-refractivity contribution in [1.29, 1.82) is 0 Å². The average Bonchev–Trinajstić information content (AvgIpc) is 3.30. The molecule has 33 heavy (non-hydrogen) atoms. The fourth-order valence-electron chi connectivity index (χ4n) is 4.05. The third kappa shape index (κ3) is 6.49. The van der Waals surface area contributed by atoms with Crippen LogP contribution in [0.25, 0.3) is 0 Å². The Morgan fingerprint density at radius 2 is 1.70 bits per heavy atom. The molecule has 1 aliphatic rings. The van der Waals surface area contributed by atoms with E-state index >= 15 is 0 Å². The predicted octanol–water partition coefficient (Wildman–Crippen LogP) is 3.33. The van der Waals surface area contributed by atoms with Crippen molar-refractivity contribution in [2.45, 2.75) is 18.9 Å². The molecule has 1 saturated heterocycles. The highest BCUT2D eigenvalue weighted by Crippen LogP contribution is 2.39. The summed E-state index contributed by atoms with van der Waals surface area (Å²) in [6.07, 6.45) is 1.78. The fourth-order valence-corrected chi connectivity index (χ4v) is 4.05. The number of anilines is 1. The zero-order valence-corrected chi connectivity index (χ0v) is 22.3. The molecule has 2 aromatic rings. The topological polar surface area (TPSA) is 76.6 Å². The maximum atomic E-state index is 5.58. The molecule has 182 valence electrons. The Balaban J connectivity index is 0.00000385. The van der Waals surface area contributed by atoms with Gasteiger partial charge in [-0.2, -0.15) is 0 Å². The number of aliphatic imine (C=N–C) groups is 1. The highest BCUT2D eigenvalue weighted by Gasteiger charge is 2.25. The number of para-hydroxylation sites is 2. The van der Waals surface area contributed by atoms with Crippen molar-refractivity contribution < 1.29 is 18.9 Å². The van der Waals surface area contributed by atoms with Crippen molar-refractivity contribution in [3.8, 4) is 23.0 Å². The van der Waals surface area contributed by atoms with E-state index in [-0.39, 0.29) is 24.0 Å². The molecular weight excluding hydrogens is 535 g/mol. The van der Waals surface area contributed by atoms with Gasteiger partial charge in [0.1, 0.15) is 5.75 Å². The fraction of sp³-hybridized carbons (Fsp3) is 0.458. The number of nitrogens with zero attached hydrogens (tertiary/aromatic N) is 2. The lowest BCUT2D eigenvalue weighted by Gasteiger charge is -2.22. The van der Waals surface area contributed by atoms with Crippen LogP contribution < -0.4 is 34.5 Å². The third-order valence-electron chi connectivity index (χ3n) is 5.65. The molecule has 0 amide bonds. The molecule has 2 aromatic carbocycles. The molecular formula is C24H35IN4O4.